The average molecular weight is 196 g/mol. The fourth-order valence-electron chi connectivity index (χ4n) is 1.75. The third-order valence-corrected chi connectivity index (χ3v) is 2.37. The van der Waals surface area contributed by atoms with Crippen molar-refractivity contribution >= 4 is 0 Å². The van der Waals surface area contributed by atoms with Gasteiger partial charge in [-0.15, -0.1) is 0 Å². The van der Waals surface area contributed by atoms with E-state index >= 15 is 0 Å². The van der Waals surface area contributed by atoms with E-state index in [-0.39, 0.29) is 6.10 Å². The Kier molecular flexibility index (Phi) is 3.69. The van der Waals surface area contributed by atoms with Gasteiger partial charge in [-0.3, -0.25) is 0 Å². The Balaban J connectivity index is 2.78. The Morgan fingerprint density at radius 2 is 2.00 bits per heavy atom. The lowest BCUT2D eigenvalue weighted by Crippen LogP contribution is -2.14. The van der Waals surface area contributed by atoms with Gasteiger partial charge in [-0.25, -0.2) is 4.98 Å². The van der Waals surface area contributed by atoms with Crippen LogP contribution >= 0.6 is 0 Å². The highest BCUT2D eigenvalue weighted by Gasteiger charge is 2.13. The summed E-state index contributed by atoms with van der Waals surface area (Å²) in [5.74, 6) is 1.53. The number of aliphatic hydroxyl groups is 1. The first-order valence-electron chi connectivity index (χ1n) is 5.23. The molecule has 0 aromatic carbocycles. The zero-order valence-electron chi connectivity index (χ0n) is 9.44. The molecule has 3 heteroatoms. The van der Waals surface area contributed by atoms with Gasteiger partial charge in [0, 0.05) is 24.4 Å². The van der Waals surface area contributed by atoms with E-state index < -0.39 is 0 Å². The van der Waals surface area contributed by atoms with E-state index in [1.54, 1.807) is 0 Å². The van der Waals surface area contributed by atoms with Gasteiger partial charge in [0.2, 0.25) is 0 Å². The minimum absolute atomic E-state index is 0.257. The molecule has 1 aromatic rings. The summed E-state index contributed by atoms with van der Waals surface area (Å²) in [5, 5.41) is 9.32. The van der Waals surface area contributed by atoms with Crippen LogP contribution in [0.3, 0.4) is 0 Å². The predicted octanol–water partition coefficient (Wildman–Crippen LogP) is 2.34. The molecule has 0 bridgehead atoms. The first kappa shape index (κ1) is 11.2. The number of hydrogen-bond donors (Lipinski definition) is 1. The number of hydrogen-bond acceptors (Lipinski definition) is 2. The predicted molar refractivity (Wildman–Crippen MR) is 57.3 cm³/mol. The standard InChI is InChI=1S/C11H20N2O/c1-8(2)11-12-5-6-13(11)9(3)7-10(4)14/h5-6,8-10,14H,7H2,1-4H3. The summed E-state index contributed by atoms with van der Waals surface area (Å²) in [6.45, 7) is 8.20. The van der Waals surface area contributed by atoms with E-state index in [0.29, 0.717) is 12.0 Å². The van der Waals surface area contributed by atoms with Crippen LogP contribution in [0.5, 0.6) is 0 Å². The highest BCUT2D eigenvalue weighted by Crippen LogP contribution is 2.20. The summed E-state index contributed by atoms with van der Waals surface area (Å²) in [6, 6.07) is 0.315. The molecule has 0 radical (unpaired) electrons. The van der Waals surface area contributed by atoms with Crippen LogP contribution in [0.4, 0.5) is 0 Å². The van der Waals surface area contributed by atoms with Gasteiger partial charge in [0.05, 0.1) is 6.10 Å². The van der Waals surface area contributed by atoms with Crippen molar-refractivity contribution in [2.24, 2.45) is 0 Å². The second kappa shape index (κ2) is 4.60. The zero-order valence-corrected chi connectivity index (χ0v) is 9.44. The maximum absolute atomic E-state index is 9.32. The Morgan fingerprint density at radius 3 is 2.50 bits per heavy atom. The SMILES string of the molecule is CC(O)CC(C)n1ccnc1C(C)C. The molecule has 0 aliphatic rings. The van der Waals surface area contributed by atoms with Crippen LogP contribution in [0.25, 0.3) is 0 Å². The van der Waals surface area contributed by atoms with Crippen LogP contribution in [0.2, 0.25) is 0 Å². The lowest BCUT2D eigenvalue weighted by atomic mass is 10.1. The van der Waals surface area contributed by atoms with Gasteiger partial charge in [0.1, 0.15) is 5.82 Å². The first-order chi connectivity index (χ1) is 6.52. The van der Waals surface area contributed by atoms with Crippen LogP contribution in [-0.4, -0.2) is 20.8 Å². The van der Waals surface area contributed by atoms with Crippen LogP contribution in [-0.2, 0) is 0 Å². The summed E-state index contributed by atoms with van der Waals surface area (Å²) < 4.78 is 2.15. The molecule has 0 spiro atoms. The lowest BCUT2D eigenvalue weighted by molar-refractivity contribution is 0.164. The minimum Gasteiger partial charge on any atom is -0.393 e. The van der Waals surface area contributed by atoms with Crippen LogP contribution in [0.15, 0.2) is 12.4 Å². The molecule has 0 fully saturated rings. The van der Waals surface area contributed by atoms with Gasteiger partial charge in [0.15, 0.2) is 0 Å². The van der Waals surface area contributed by atoms with Crippen molar-refractivity contribution in [2.75, 3.05) is 0 Å². The number of nitrogens with zero attached hydrogens (tertiary/aromatic N) is 2. The molecule has 80 valence electrons. The van der Waals surface area contributed by atoms with Crippen molar-refractivity contribution in [1.29, 1.82) is 0 Å². The van der Waals surface area contributed by atoms with Gasteiger partial charge in [0.25, 0.3) is 0 Å². The number of imidazole rings is 1. The Morgan fingerprint density at radius 1 is 1.36 bits per heavy atom. The smallest absolute Gasteiger partial charge is 0.111 e. The second-order valence-electron chi connectivity index (χ2n) is 4.28. The quantitative estimate of drug-likeness (QED) is 0.802. The van der Waals surface area contributed by atoms with E-state index in [1.807, 2.05) is 19.3 Å². The maximum atomic E-state index is 9.32. The van der Waals surface area contributed by atoms with E-state index in [2.05, 4.69) is 30.3 Å². The van der Waals surface area contributed by atoms with Crippen molar-refractivity contribution in [1.82, 2.24) is 9.55 Å². The van der Waals surface area contributed by atoms with Crippen molar-refractivity contribution in [2.45, 2.75) is 52.2 Å². The molecule has 0 aliphatic carbocycles. The van der Waals surface area contributed by atoms with E-state index in [4.69, 9.17) is 0 Å². The molecule has 3 nitrogen and oxygen atoms in total. The van der Waals surface area contributed by atoms with Crippen molar-refractivity contribution in [3.63, 3.8) is 0 Å². The zero-order chi connectivity index (χ0) is 10.7. The Hall–Kier alpha value is -0.830. The molecule has 2 atom stereocenters. The van der Waals surface area contributed by atoms with E-state index in [9.17, 15) is 5.11 Å². The lowest BCUT2D eigenvalue weighted by Gasteiger charge is -2.19. The first-order valence-corrected chi connectivity index (χ1v) is 5.23. The summed E-state index contributed by atoms with van der Waals surface area (Å²) >= 11 is 0. The second-order valence-corrected chi connectivity index (χ2v) is 4.28. The Bertz CT molecular complexity index is 279. The number of aliphatic hydroxyl groups excluding tert-OH is 1. The van der Waals surface area contributed by atoms with E-state index in [0.717, 1.165) is 12.2 Å². The van der Waals surface area contributed by atoms with Crippen molar-refractivity contribution < 1.29 is 5.11 Å². The number of rotatable bonds is 4. The molecule has 0 aliphatic heterocycles. The van der Waals surface area contributed by atoms with E-state index in [1.165, 1.54) is 0 Å². The van der Waals surface area contributed by atoms with Crippen molar-refractivity contribution in [3.8, 4) is 0 Å². The molecular weight excluding hydrogens is 176 g/mol. The minimum atomic E-state index is -0.257. The van der Waals surface area contributed by atoms with Crippen molar-refractivity contribution in [3.05, 3.63) is 18.2 Å². The summed E-state index contributed by atoms with van der Waals surface area (Å²) in [4.78, 5) is 4.33. The third-order valence-electron chi connectivity index (χ3n) is 2.37. The monoisotopic (exact) mass is 196 g/mol. The average Bonchev–Trinajstić information content (AvgIpc) is 2.49. The molecule has 0 saturated carbocycles. The van der Waals surface area contributed by atoms with Gasteiger partial charge >= 0.3 is 0 Å². The summed E-state index contributed by atoms with van der Waals surface area (Å²) in [5.41, 5.74) is 0. The summed E-state index contributed by atoms with van der Waals surface area (Å²) in [7, 11) is 0. The molecule has 2 unspecified atom stereocenters. The largest absolute Gasteiger partial charge is 0.393 e. The molecular formula is C11H20N2O. The van der Waals surface area contributed by atoms with Gasteiger partial charge in [-0.2, -0.15) is 0 Å². The number of aromatic nitrogens is 2. The van der Waals surface area contributed by atoms with Gasteiger partial charge in [-0.1, -0.05) is 13.8 Å². The molecule has 14 heavy (non-hydrogen) atoms. The highest BCUT2D eigenvalue weighted by atomic mass is 16.3. The van der Waals surface area contributed by atoms with Crippen LogP contribution in [0, 0.1) is 0 Å². The maximum Gasteiger partial charge on any atom is 0.111 e. The summed E-state index contributed by atoms with van der Waals surface area (Å²) in [6.07, 6.45) is 4.33. The van der Waals surface area contributed by atoms with Gasteiger partial charge in [-0.05, 0) is 20.3 Å². The molecule has 0 saturated heterocycles. The normalized spacial score (nSPS) is 15.9. The molecule has 1 N–H and O–H groups in total. The molecule has 1 aromatic heterocycles. The molecule has 0 amide bonds. The van der Waals surface area contributed by atoms with Crippen LogP contribution in [0.1, 0.15) is 51.9 Å². The van der Waals surface area contributed by atoms with Gasteiger partial charge < -0.3 is 9.67 Å². The fraction of sp³-hybridized carbons (Fsp3) is 0.727. The topological polar surface area (TPSA) is 38.0 Å². The fourth-order valence-corrected chi connectivity index (χ4v) is 1.75. The molecule has 1 heterocycles. The molecule has 1 rings (SSSR count). The van der Waals surface area contributed by atoms with Crippen LogP contribution < -0.4 is 0 Å². The highest BCUT2D eigenvalue weighted by molar-refractivity contribution is 4.99. The Labute approximate surface area is 85.8 Å². The third kappa shape index (κ3) is 2.58.